The average Bonchev–Trinajstić information content (AvgIpc) is 2.69. The van der Waals surface area contributed by atoms with Crippen LogP contribution in [0.4, 0.5) is 10.5 Å². The van der Waals surface area contributed by atoms with Gasteiger partial charge in [0.25, 0.3) is 0 Å². The molecule has 11 nitrogen and oxygen atoms in total. The van der Waals surface area contributed by atoms with E-state index in [1.807, 2.05) is 0 Å². The Bertz CT molecular complexity index is 964. The van der Waals surface area contributed by atoms with Gasteiger partial charge in [-0.3, -0.25) is 14.4 Å². The van der Waals surface area contributed by atoms with Gasteiger partial charge in [-0.25, -0.2) is 0 Å². The number of hydrogen-bond donors (Lipinski definition) is 6. The molecule has 0 saturated heterocycles. The first-order chi connectivity index (χ1) is 15.0. The predicted molar refractivity (Wildman–Crippen MR) is 112 cm³/mol. The topological polar surface area (TPSA) is 216 Å². The van der Waals surface area contributed by atoms with Gasteiger partial charge in [0.05, 0.1) is 6.42 Å². The molecule has 32 heavy (non-hydrogen) atoms. The Kier molecular flexibility index (Phi) is 10.3. The third-order valence-electron chi connectivity index (χ3n) is 4.16. The summed E-state index contributed by atoms with van der Waals surface area (Å²) in [5, 5.41) is 38.3. The van der Waals surface area contributed by atoms with Gasteiger partial charge < -0.3 is 42.0 Å². The number of carbonyl (C=O) groups is 4. The standard InChI is InChI=1S/C11H13NO4.C10H12N2O4/c12-9(11(15)16)5-7-3-1-2-4-8(7)6-10(13)14;11-8(9(13)14)5-6-2-1-3-7(4-6)12-10(15)16/h1-4,9H,5-6,12H2,(H,13,14)(H,15,16);1-4,8,12H,5,11H2,(H,13,14)(H,15,16)/p-1/t9-;8-/m00/s1. The third kappa shape index (κ3) is 9.69. The van der Waals surface area contributed by atoms with Crippen molar-refractivity contribution < 1.29 is 39.6 Å². The normalized spacial score (nSPS) is 11.9. The fraction of sp³-hybridized carbons (Fsp3) is 0.238. The van der Waals surface area contributed by atoms with E-state index < -0.39 is 36.1 Å². The van der Waals surface area contributed by atoms with Gasteiger partial charge in [0.15, 0.2) is 0 Å². The molecular formula is C21H24N3O8-. The molecule has 0 spiro atoms. The molecule has 2 atom stereocenters. The summed E-state index contributed by atoms with van der Waals surface area (Å²) in [6, 6.07) is 11.1. The zero-order valence-corrected chi connectivity index (χ0v) is 16.9. The summed E-state index contributed by atoms with van der Waals surface area (Å²) in [6.45, 7) is 0. The Balaban J connectivity index is 0.000000320. The second-order valence-electron chi connectivity index (χ2n) is 6.75. The smallest absolute Gasteiger partial charge is 0.320 e. The van der Waals surface area contributed by atoms with Crippen LogP contribution in [0.1, 0.15) is 16.7 Å². The number of carbonyl (C=O) groups excluding carboxylic acids is 1. The Morgan fingerprint density at radius 3 is 1.94 bits per heavy atom. The molecule has 0 fully saturated rings. The second-order valence-corrected chi connectivity index (χ2v) is 6.75. The molecule has 2 aromatic rings. The van der Waals surface area contributed by atoms with E-state index in [1.165, 1.54) is 12.1 Å². The van der Waals surface area contributed by atoms with Crippen LogP contribution in [0.2, 0.25) is 0 Å². The molecule has 0 aromatic heterocycles. The van der Waals surface area contributed by atoms with Crippen molar-refractivity contribution in [2.75, 3.05) is 5.32 Å². The van der Waals surface area contributed by atoms with E-state index >= 15 is 0 Å². The molecule has 0 unspecified atom stereocenters. The highest BCUT2D eigenvalue weighted by Gasteiger charge is 2.15. The molecule has 0 aliphatic rings. The number of aliphatic carboxylic acids is 3. The van der Waals surface area contributed by atoms with Crippen molar-refractivity contribution in [2.24, 2.45) is 11.5 Å². The van der Waals surface area contributed by atoms with E-state index in [4.69, 9.17) is 26.8 Å². The van der Waals surface area contributed by atoms with Crippen molar-refractivity contribution in [1.29, 1.82) is 0 Å². The Hall–Kier alpha value is -3.96. The predicted octanol–water partition coefficient (Wildman–Crippen LogP) is -0.336. The highest BCUT2D eigenvalue weighted by molar-refractivity contribution is 5.81. The lowest BCUT2D eigenvalue weighted by Crippen LogP contribution is -2.32. The Labute approximate surface area is 183 Å². The number of carboxylic acids is 3. The average molecular weight is 446 g/mol. The van der Waals surface area contributed by atoms with Crippen LogP contribution in [0.3, 0.4) is 0 Å². The molecule has 1 amide bonds. The van der Waals surface area contributed by atoms with Crippen molar-refractivity contribution in [3.8, 4) is 0 Å². The minimum Gasteiger partial charge on any atom is -0.530 e. The lowest BCUT2D eigenvalue weighted by molar-refractivity contribution is -0.242. The summed E-state index contributed by atoms with van der Waals surface area (Å²) in [5.74, 6) is -3.14. The summed E-state index contributed by atoms with van der Waals surface area (Å²) >= 11 is 0. The van der Waals surface area contributed by atoms with Gasteiger partial charge >= 0.3 is 17.9 Å². The zero-order valence-electron chi connectivity index (χ0n) is 16.9. The first-order valence-corrected chi connectivity index (χ1v) is 9.31. The number of rotatable bonds is 9. The van der Waals surface area contributed by atoms with Crippen molar-refractivity contribution in [3.05, 3.63) is 65.2 Å². The molecule has 0 aliphatic heterocycles. The van der Waals surface area contributed by atoms with Gasteiger partial charge in [-0.2, -0.15) is 0 Å². The van der Waals surface area contributed by atoms with E-state index in [9.17, 15) is 24.3 Å². The van der Waals surface area contributed by atoms with Crippen LogP contribution in [0, 0.1) is 0 Å². The van der Waals surface area contributed by atoms with Crippen molar-refractivity contribution in [2.45, 2.75) is 31.3 Å². The summed E-state index contributed by atoms with van der Waals surface area (Å²) in [4.78, 5) is 42.0. The molecule has 2 rings (SSSR count). The molecule has 2 aromatic carbocycles. The monoisotopic (exact) mass is 446 g/mol. The molecule has 0 heterocycles. The van der Waals surface area contributed by atoms with Gasteiger partial charge in [0.2, 0.25) is 0 Å². The van der Waals surface area contributed by atoms with E-state index in [2.05, 4.69) is 5.32 Å². The number of nitrogens with one attached hydrogen (secondary N) is 1. The molecule has 0 bridgehead atoms. The molecule has 8 N–H and O–H groups in total. The lowest BCUT2D eigenvalue weighted by Gasteiger charge is -2.10. The summed E-state index contributed by atoms with van der Waals surface area (Å²) < 4.78 is 0. The maximum atomic E-state index is 10.6. The van der Waals surface area contributed by atoms with Crippen LogP contribution in [-0.2, 0) is 33.6 Å². The highest BCUT2D eigenvalue weighted by Crippen LogP contribution is 2.12. The quantitative estimate of drug-likeness (QED) is 0.294. The van der Waals surface area contributed by atoms with Gasteiger partial charge in [0.1, 0.15) is 18.2 Å². The molecule has 0 saturated carbocycles. The van der Waals surface area contributed by atoms with Crippen LogP contribution >= 0.6 is 0 Å². The van der Waals surface area contributed by atoms with Crippen LogP contribution in [0.15, 0.2) is 48.5 Å². The first kappa shape index (κ1) is 26.1. The van der Waals surface area contributed by atoms with Crippen LogP contribution < -0.4 is 21.9 Å². The number of amides is 1. The van der Waals surface area contributed by atoms with Crippen LogP contribution in [0.5, 0.6) is 0 Å². The lowest BCUT2D eigenvalue weighted by atomic mass is 9.98. The maximum Gasteiger partial charge on any atom is 0.320 e. The minimum absolute atomic E-state index is 0.123. The minimum atomic E-state index is -1.42. The maximum absolute atomic E-state index is 10.6. The SMILES string of the molecule is N[C@@H](Cc1cccc(NC(=O)[O-])c1)C(=O)O.N[C@@H](Cc1ccccc1CC(=O)O)C(=O)O. The zero-order chi connectivity index (χ0) is 24.3. The van der Waals surface area contributed by atoms with Gasteiger partial charge in [0, 0.05) is 5.69 Å². The number of anilines is 1. The first-order valence-electron chi connectivity index (χ1n) is 9.31. The van der Waals surface area contributed by atoms with Crippen LogP contribution in [-0.4, -0.2) is 51.4 Å². The molecule has 172 valence electrons. The Morgan fingerprint density at radius 2 is 1.41 bits per heavy atom. The van der Waals surface area contributed by atoms with E-state index in [1.54, 1.807) is 36.4 Å². The van der Waals surface area contributed by atoms with Crippen molar-refractivity contribution in [1.82, 2.24) is 0 Å². The van der Waals surface area contributed by atoms with Crippen LogP contribution in [0.25, 0.3) is 0 Å². The fourth-order valence-electron chi connectivity index (χ4n) is 2.65. The molecule has 0 radical (unpaired) electrons. The number of carboxylic acid groups (broad SMARTS) is 4. The number of benzene rings is 2. The molecular weight excluding hydrogens is 422 g/mol. The van der Waals surface area contributed by atoms with Gasteiger partial charge in [-0.15, -0.1) is 0 Å². The van der Waals surface area contributed by atoms with Crippen molar-refractivity contribution >= 4 is 29.7 Å². The second kappa shape index (κ2) is 12.7. The number of nitrogens with two attached hydrogens (primary N) is 2. The summed E-state index contributed by atoms with van der Waals surface area (Å²) in [5.41, 5.74) is 13.0. The molecule has 11 heteroatoms. The Morgan fingerprint density at radius 1 is 0.844 bits per heavy atom. The fourth-order valence-corrected chi connectivity index (χ4v) is 2.65. The van der Waals surface area contributed by atoms with Crippen molar-refractivity contribution in [3.63, 3.8) is 0 Å². The van der Waals surface area contributed by atoms with E-state index in [0.29, 0.717) is 22.4 Å². The summed E-state index contributed by atoms with van der Waals surface area (Å²) in [7, 11) is 0. The highest BCUT2D eigenvalue weighted by atomic mass is 16.4. The van der Waals surface area contributed by atoms with E-state index in [-0.39, 0.29) is 19.3 Å². The number of hydrogen-bond acceptors (Lipinski definition) is 7. The van der Waals surface area contributed by atoms with Gasteiger partial charge in [-0.05, 0) is 41.7 Å². The molecule has 0 aliphatic carbocycles. The largest absolute Gasteiger partial charge is 0.530 e. The third-order valence-corrected chi connectivity index (χ3v) is 4.16. The summed E-state index contributed by atoms with van der Waals surface area (Å²) in [6.07, 6.45) is -1.26. The van der Waals surface area contributed by atoms with E-state index in [0.717, 1.165) is 0 Å². The van der Waals surface area contributed by atoms with Gasteiger partial charge in [-0.1, -0.05) is 36.4 Å².